The lowest BCUT2D eigenvalue weighted by Crippen LogP contribution is -1.97. The van der Waals surface area contributed by atoms with Gasteiger partial charge in [0.15, 0.2) is 10.7 Å². The molecule has 0 saturated heterocycles. The van der Waals surface area contributed by atoms with Gasteiger partial charge in [-0.15, -0.1) is 0 Å². The minimum atomic E-state index is -3.75. The first-order chi connectivity index (χ1) is 6.07. The second kappa shape index (κ2) is 2.68. The molecule has 0 bridgehead atoms. The number of nitrogens with zero attached hydrogens (tertiary/aromatic N) is 3. The lowest BCUT2D eigenvalue weighted by atomic mass is 10.6. The van der Waals surface area contributed by atoms with Gasteiger partial charge >= 0.3 is 0 Å². The fraction of sp³-hybridized carbons (Fsp3) is 0. The molecule has 5 nitrogen and oxygen atoms in total. The van der Waals surface area contributed by atoms with Crippen LogP contribution in [0.2, 0.25) is 0 Å². The van der Waals surface area contributed by atoms with E-state index in [1.807, 2.05) is 0 Å². The van der Waals surface area contributed by atoms with Crippen LogP contribution >= 0.6 is 10.7 Å². The molecule has 2 heterocycles. The molecule has 0 saturated carbocycles. The van der Waals surface area contributed by atoms with E-state index in [1.165, 1.54) is 23.0 Å². The number of hydrogen-bond acceptors (Lipinski definition) is 4. The van der Waals surface area contributed by atoms with Gasteiger partial charge in [-0.25, -0.2) is 17.9 Å². The molecule has 0 aliphatic carbocycles. The van der Waals surface area contributed by atoms with Crippen molar-refractivity contribution in [3.05, 3.63) is 24.5 Å². The van der Waals surface area contributed by atoms with E-state index in [0.29, 0.717) is 5.65 Å². The Morgan fingerprint density at radius 3 is 2.85 bits per heavy atom. The summed E-state index contributed by atoms with van der Waals surface area (Å²) in [5.41, 5.74) is 0.446. The average molecular weight is 218 g/mol. The van der Waals surface area contributed by atoms with E-state index in [2.05, 4.69) is 10.1 Å². The highest BCUT2D eigenvalue weighted by Crippen LogP contribution is 2.12. The minimum Gasteiger partial charge on any atom is -0.223 e. The maximum atomic E-state index is 10.9. The van der Waals surface area contributed by atoms with E-state index in [1.54, 1.807) is 6.07 Å². The second-order valence-corrected chi connectivity index (χ2v) is 4.85. The Morgan fingerprint density at radius 2 is 2.15 bits per heavy atom. The van der Waals surface area contributed by atoms with Crippen molar-refractivity contribution >= 4 is 25.4 Å². The maximum Gasteiger partial charge on any atom is 0.278 e. The lowest BCUT2D eigenvalue weighted by molar-refractivity contribution is 0.606. The quantitative estimate of drug-likeness (QED) is 0.520. The molecule has 0 N–H and O–H groups in total. The molecule has 0 atom stereocenters. The van der Waals surface area contributed by atoms with Crippen molar-refractivity contribution in [2.75, 3.05) is 0 Å². The average Bonchev–Trinajstić information content (AvgIpc) is 2.47. The van der Waals surface area contributed by atoms with Gasteiger partial charge in [0.2, 0.25) is 0 Å². The van der Waals surface area contributed by atoms with Crippen molar-refractivity contribution in [1.29, 1.82) is 0 Å². The van der Waals surface area contributed by atoms with Crippen molar-refractivity contribution < 1.29 is 8.42 Å². The van der Waals surface area contributed by atoms with E-state index in [0.717, 1.165) is 0 Å². The monoisotopic (exact) mass is 217 g/mol. The molecule has 0 unspecified atom stereocenters. The molecule has 2 rings (SSSR count). The molecule has 0 fully saturated rings. The van der Waals surface area contributed by atoms with E-state index in [9.17, 15) is 8.42 Å². The first-order valence-electron chi connectivity index (χ1n) is 3.32. The Hall–Kier alpha value is -1.14. The van der Waals surface area contributed by atoms with Crippen LogP contribution in [0.25, 0.3) is 5.65 Å². The molecule has 7 heteroatoms. The third kappa shape index (κ3) is 1.50. The predicted molar refractivity (Wildman–Crippen MR) is 46.0 cm³/mol. The minimum absolute atomic E-state index is 0.165. The molecule has 0 spiro atoms. The summed E-state index contributed by atoms with van der Waals surface area (Å²) in [6, 6.07) is 2.88. The summed E-state index contributed by atoms with van der Waals surface area (Å²) in [5, 5.41) is 3.69. The Bertz CT molecular complexity index is 548. The van der Waals surface area contributed by atoms with Crippen molar-refractivity contribution in [2.24, 2.45) is 0 Å². The number of hydrogen-bond donors (Lipinski definition) is 0. The van der Waals surface area contributed by atoms with Gasteiger partial charge in [0.05, 0.1) is 6.20 Å². The molecule has 13 heavy (non-hydrogen) atoms. The Kier molecular flexibility index (Phi) is 1.74. The highest BCUT2D eigenvalue weighted by Gasteiger charge is 2.11. The fourth-order valence-corrected chi connectivity index (χ4v) is 1.61. The zero-order valence-electron chi connectivity index (χ0n) is 6.25. The summed E-state index contributed by atoms with van der Waals surface area (Å²) in [6.07, 6.45) is 3.00. The van der Waals surface area contributed by atoms with Crippen LogP contribution < -0.4 is 0 Å². The molecule has 68 valence electrons. The molecule has 2 aromatic rings. The predicted octanol–water partition coefficient (Wildman–Crippen LogP) is 0.657. The van der Waals surface area contributed by atoms with Crippen LogP contribution in [0.3, 0.4) is 0 Å². The largest absolute Gasteiger partial charge is 0.278 e. The van der Waals surface area contributed by atoms with E-state index >= 15 is 0 Å². The summed E-state index contributed by atoms with van der Waals surface area (Å²) < 4.78 is 23.2. The number of fused-ring (bicyclic) bond motifs is 1. The third-order valence-corrected chi connectivity index (χ3v) is 2.68. The van der Waals surface area contributed by atoms with Gasteiger partial charge in [0.25, 0.3) is 9.05 Å². The first kappa shape index (κ1) is 8.46. The fourth-order valence-electron chi connectivity index (χ4n) is 0.931. The van der Waals surface area contributed by atoms with Gasteiger partial charge in [-0.3, -0.25) is 0 Å². The number of aromatic nitrogens is 3. The standard InChI is InChI=1S/C6H4ClN3O2S/c7-13(11,12)6-2-4-10-5(9-6)1-3-8-10/h1-4H. The third-order valence-electron chi connectivity index (χ3n) is 1.48. The maximum absolute atomic E-state index is 10.9. The van der Waals surface area contributed by atoms with Crippen LogP contribution in [-0.4, -0.2) is 23.0 Å². The molecule has 0 aliphatic heterocycles. The van der Waals surface area contributed by atoms with Gasteiger partial charge in [-0.05, 0) is 6.07 Å². The molecule has 0 amide bonds. The summed E-state index contributed by atoms with van der Waals surface area (Å²) >= 11 is 0. The van der Waals surface area contributed by atoms with Gasteiger partial charge < -0.3 is 0 Å². The van der Waals surface area contributed by atoms with Gasteiger partial charge in [0.1, 0.15) is 0 Å². The van der Waals surface area contributed by atoms with E-state index in [4.69, 9.17) is 10.7 Å². The molecular formula is C6H4ClN3O2S. The van der Waals surface area contributed by atoms with Crippen LogP contribution in [0.4, 0.5) is 0 Å². The van der Waals surface area contributed by atoms with Crippen molar-refractivity contribution in [1.82, 2.24) is 14.6 Å². The lowest BCUT2D eigenvalue weighted by Gasteiger charge is -1.95. The summed E-state index contributed by atoms with van der Waals surface area (Å²) in [6.45, 7) is 0. The Balaban J connectivity index is 2.75. The number of halogens is 1. The topological polar surface area (TPSA) is 64.3 Å². The van der Waals surface area contributed by atoms with E-state index in [-0.39, 0.29) is 5.03 Å². The highest BCUT2D eigenvalue weighted by atomic mass is 35.7. The van der Waals surface area contributed by atoms with Crippen LogP contribution in [0.5, 0.6) is 0 Å². The van der Waals surface area contributed by atoms with Crippen molar-refractivity contribution in [3.8, 4) is 0 Å². The molecule has 2 aromatic heterocycles. The summed E-state index contributed by atoms with van der Waals surface area (Å²) in [4.78, 5) is 3.79. The first-order valence-corrected chi connectivity index (χ1v) is 5.63. The molecule has 0 aromatic carbocycles. The van der Waals surface area contributed by atoms with Gasteiger partial charge in [-0.1, -0.05) is 0 Å². The van der Waals surface area contributed by atoms with Crippen LogP contribution in [-0.2, 0) is 9.05 Å². The Labute approximate surface area is 78.4 Å². The smallest absolute Gasteiger partial charge is 0.223 e. The van der Waals surface area contributed by atoms with Gasteiger partial charge in [-0.2, -0.15) is 5.10 Å². The zero-order valence-corrected chi connectivity index (χ0v) is 7.83. The van der Waals surface area contributed by atoms with Crippen molar-refractivity contribution in [3.63, 3.8) is 0 Å². The molecule has 0 aliphatic rings. The summed E-state index contributed by atoms with van der Waals surface area (Å²) in [7, 11) is 1.35. The Morgan fingerprint density at radius 1 is 1.38 bits per heavy atom. The van der Waals surface area contributed by atoms with Crippen molar-refractivity contribution in [2.45, 2.75) is 5.03 Å². The second-order valence-electron chi connectivity index (χ2n) is 2.34. The SMILES string of the molecule is O=S(=O)(Cl)c1ccn2nccc2n1. The molecular weight excluding hydrogens is 214 g/mol. The highest BCUT2D eigenvalue weighted by molar-refractivity contribution is 8.13. The normalized spacial score (nSPS) is 12.1. The van der Waals surface area contributed by atoms with E-state index < -0.39 is 9.05 Å². The van der Waals surface area contributed by atoms with Crippen LogP contribution in [0.1, 0.15) is 0 Å². The van der Waals surface area contributed by atoms with Gasteiger partial charge in [0, 0.05) is 22.9 Å². The zero-order chi connectivity index (χ0) is 9.47. The van der Waals surface area contributed by atoms with Crippen LogP contribution in [0, 0.1) is 0 Å². The summed E-state index contributed by atoms with van der Waals surface area (Å²) in [5.74, 6) is 0. The number of rotatable bonds is 1. The molecule has 0 radical (unpaired) electrons. The van der Waals surface area contributed by atoms with Crippen LogP contribution in [0.15, 0.2) is 29.6 Å².